The Morgan fingerprint density at radius 1 is 0.431 bits per heavy atom. The van der Waals surface area contributed by atoms with Gasteiger partial charge in [0.15, 0.2) is 37.7 Å². The average molecular weight is 1510 g/mol. The molecule has 0 radical (unpaired) electrons. The molecule has 42 heteroatoms. The Kier molecular flexibility index (Phi) is 35.1. The number of rotatable bonds is 19. The molecule has 102 heavy (non-hydrogen) atoms. The maximum atomic E-state index is 11.1. The zero-order chi connectivity index (χ0) is 75.7. The van der Waals surface area contributed by atoms with Crippen LogP contribution in [0.2, 0.25) is 0 Å². The first-order chi connectivity index (χ1) is 47.0. The minimum atomic E-state index is -4.67. The van der Waals surface area contributed by atoms with Crippen LogP contribution in [0.3, 0.4) is 0 Å². The summed E-state index contributed by atoms with van der Waals surface area (Å²) in [6.07, 6.45) is -13.3. The molecule has 604 valence electrons. The van der Waals surface area contributed by atoms with Crippen molar-refractivity contribution in [1.82, 2.24) is 21.3 Å². The predicted octanol–water partition coefficient (Wildman–Crippen LogP) is -12.4. The Labute approximate surface area is 596 Å². The third kappa shape index (κ3) is 23.5. The van der Waals surface area contributed by atoms with E-state index in [2.05, 4.69) is 21.3 Å². The number of nitrogens with two attached hydrogens (primary N) is 11. The second kappa shape index (κ2) is 39.3. The molecule has 38 atom stereocenters. The number of hydrogen-bond donors (Lipinski definition) is 26. The predicted molar refractivity (Wildman–Crippen MR) is 363 cm³/mol. The van der Waals surface area contributed by atoms with Crippen molar-refractivity contribution in [1.29, 1.82) is 0 Å². The van der Waals surface area contributed by atoms with Crippen LogP contribution in [0.4, 0.5) is 0 Å². The van der Waals surface area contributed by atoms with E-state index in [-0.39, 0.29) is 73.8 Å². The minimum Gasteiger partial charge on any atom is -0.412 e. The SMILES string of the molecule is CN[C@@H]1[C@@H](O)[C@@H](O[C@@H]2[C@@H](O)[C@H](O[C@H]3O[C@H](CN)CC[C@H]3N)[C@@H](N)C[C@H]2N)OC[C@]1(C)O.CN[C@@H]1[C@@H](O)[C@@H](O[C@@H]2[C@@H](O)[C@H](O[C@H]3O[C@H]([C@@H](C)N)CC[C@H]3N)[C@@H](N)C[C@H]2N)OC[C@]1(C)O.CN[C@@H]1[C@@H](O)[C@@H](O[C@@H]2[C@@H](O)[C@H](O[C@H]3O[C@H]([C@@H](C)NC)CC[C@H]3N)[C@@H](N)C[C@H]2N)OC[C@]1(C)O.O.O=S(=O)(O)O. The van der Waals surface area contributed by atoms with Gasteiger partial charge < -0.3 is 193 Å². The molecule has 0 spiro atoms. The number of nitrogens with one attached hydrogen (secondary N) is 4. The van der Waals surface area contributed by atoms with E-state index < -0.39 is 193 Å². The summed E-state index contributed by atoms with van der Waals surface area (Å²) >= 11 is 0. The monoisotopic (exact) mass is 1510 g/mol. The van der Waals surface area contributed by atoms with Crippen LogP contribution in [0, 0.1) is 0 Å². The molecule has 3 saturated carbocycles. The zero-order valence-corrected chi connectivity index (χ0v) is 60.6. The van der Waals surface area contributed by atoms with Crippen LogP contribution in [-0.4, -0.2) is 354 Å². The van der Waals surface area contributed by atoms with E-state index in [1.165, 1.54) is 0 Å². The standard InChI is InChI=1S/C21H43N5O7.C20H41N5O7.C19H39N5O7.H2O4S.H2O/c1-9(25-3)13-6-5-10(22)19(31-13)32-16-11(23)7-12(24)17(14(16)27)33-20-15(28)18(26-4)21(2,29)8-30-20;1-8(21)12-5-4-9(22)18(30-12)31-15-10(23)6-11(24)16(13(15)26)32-19-14(27)17(25-3)20(2,28)7-29-19;1-19(27)7-28-18(13(26)16(19)24-2)31-15-11(23)5-10(22)14(12(15)25)30-17-9(21)4-3-8(6-20)29-17;1-5(2,3)4;/h9-20,25-29H,5-8,22-24H2,1-4H3;8-19,25-28H,4-7,21-24H2,1-3H3;8-18,24-27H,3-7,20-23H2,1-2H3;(H2,1,2,3,4);1H2/t9-,10-,11+,12-,13+,14+,15-,16-,17+,18-,19-,20-,21+;8-,9-,10+,11-,12+,13+,14-,15-,16+,17-,18-,19-,20+;8-,9+,10-,11+,12-,13+,14+,15-,16+,17+,18+,19-;;/m110../s1. The van der Waals surface area contributed by atoms with Crippen LogP contribution in [0.25, 0.3) is 0 Å². The van der Waals surface area contributed by atoms with Crippen molar-refractivity contribution >= 4 is 10.4 Å². The van der Waals surface area contributed by atoms with Crippen LogP contribution in [0.5, 0.6) is 0 Å². The summed E-state index contributed by atoms with van der Waals surface area (Å²) < 4.78 is 102. The minimum absolute atomic E-state index is 0. The van der Waals surface area contributed by atoms with E-state index in [4.69, 9.17) is 137 Å². The van der Waals surface area contributed by atoms with Crippen LogP contribution in [-0.2, 0) is 67.2 Å². The fourth-order valence-electron chi connectivity index (χ4n) is 14.6. The fourth-order valence-corrected chi connectivity index (χ4v) is 14.6. The summed E-state index contributed by atoms with van der Waals surface area (Å²) in [5.41, 5.74) is 63.8. The summed E-state index contributed by atoms with van der Waals surface area (Å²) in [7, 11) is 2.07. The highest BCUT2D eigenvalue weighted by molar-refractivity contribution is 7.79. The first-order valence-electron chi connectivity index (χ1n) is 34.7. The molecule has 6 heterocycles. The molecule has 0 aromatic heterocycles. The second-order valence-electron chi connectivity index (χ2n) is 29.2. The molecule has 9 fully saturated rings. The summed E-state index contributed by atoms with van der Waals surface area (Å²) in [6.45, 7) is 8.70. The van der Waals surface area contributed by atoms with E-state index >= 15 is 0 Å². The molecule has 3 aliphatic carbocycles. The van der Waals surface area contributed by atoms with Crippen molar-refractivity contribution < 1.29 is 126 Å². The van der Waals surface area contributed by atoms with Gasteiger partial charge in [0.2, 0.25) is 0 Å². The van der Waals surface area contributed by atoms with E-state index in [0.29, 0.717) is 45.1 Å². The molecule has 6 aliphatic heterocycles. The maximum absolute atomic E-state index is 11.1. The summed E-state index contributed by atoms with van der Waals surface area (Å²) in [4.78, 5) is 0. The van der Waals surface area contributed by atoms with Gasteiger partial charge in [-0.1, -0.05) is 0 Å². The molecule has 0 unspecified atom stereocenters. The number of aliphatic hydroxyl groups is 9. The Morgan fingerprint density at radius 2 is 0.686 bits per heavy atom. The highest BCUT2D eigenvalue weighted by Gasteiger charge is 2.55. The molecule has 0 aromatic carbocycles. The van der Waals surface area contributed by atoms with Gasteiger partial charge >= 0.3 is 10.4 Å². The number of hydrogen-bond acceptors (Lipinski definition) is 38. The third-order valence-corrected chi connectivity index (χ3v) is 20.6. The normalized spacial score (nSPS) is 48.6. The molecule has 6 saturated heterocycles. The summed E-state index contributed by atoms with van der Waals surface area (Å²) in [5, 5.41) is 108. The molecular weight excluding hydrogens is 1380 g/mol. The van der Waals surface area contributed by atoms with E-state index in [0.717, 1.165) is 19.3 Å². The Morgan fingerprint density at radius 3 is 0.951 bits per heavy atom. The molecule has 0 bridgehead atoms. The van der Waals surface area contributed by atoms with Gasteiger partial charge in [0.1, 0.15) is 90.1 Å². The average Bonchev–Trinajstić information content (AvgIpc) is 0.789. The van der Waals surface area contributed by atoms with Crippen LogP contribution in [0.1, 0.15) is 92.4 Å². The van der Waals surface area contributed by atoms with Gasteiger partial charge in [-0.3, -0.25) is 9.11 Å². The Balaban J connectivity index is 0.000000265. The molecular formula is C60H127N15O26S. The van der Waals surface area contributed by atoms with Gasteiger partial charge in [-0.05, 0) is 121 Å². The molecule has 9 aliphatic rings. The van der Waals surface area contributed by atoms with Crippen molar-refractivity contribution in [2.24, 2.45) is 63.1 Å². The molecule has 39 N–H and O–H groups in total. The van der Waals surface area contributed by atoms with E-state index in [9.17, 15) is 46.0 Å². The van der Waals surface area contributed by atoms with E-state index in [1.807, 2.05) is 20.9 Å². The second-order valence-corrected chi connectivity index (χ2v) is 30.1. The lowest BCUT2D eigenvalue weighted by atomic mass is 9.84. The number of likely N-dealkylation sites (N-methyl/N-ethyl adjacent to an activating group) is 4. The lowest BCUT2D eigenvalue weighted by Gasteiger charge is -2.48. The van der Waals surface area contributed by atoms with Gasteiger partial charge in [0.05, 0.1) is 74.4 Å². The zero-order valence-electron chi connectivity index (χ0n) is 59.8. The highest BCUT2D eigenvalue weighted by atomic mass is 32.3. The van der Waals surface area contributed by atoms with Crippen molar-refractivity contribution in [2.45, 2.75) is 323 Å². The number of aliphatic hydroxyl groups excluding tert-OH is 6. The Hall–Kier alpha value is -1.61. The van der Waals surface area contributed by atoms with Gasteiger partial charge in [-0.25, -0.2) is 0 Å². The maximum Gasteiger partial charge on any atom is 0.394 e. The van der Waals surface area contributed by atoms with Crippen LogP contribution >= 0.6 is 0 Å². The van der Waals surface area contributed by atoms with Crippen molar-refractivity contribution in [3.63, 3.8) is 0 Å². The van der Waals surface area contributed by atoms with Gasteiger partial charge in [-0.2, -0.15) is 8.42 Å². The van der Waals surface area contributed by atoms with Gasteiger partial charge in [0, 0.05) is 54.9 Å². The third-order valence-electron chi connectivity index (χ3n) is 20.6. The smallest absolute Gasteiger partial charge is 0.394 e. The molecule has 9 rings (SSSR count). The Bertz CT molecular complexity index is 2560. The van der Waals surface area contributed by atoms with Gasteiger partial charge in [0.25, 0.3) is 0 Å². The van der Waals surface area contributed by atoms with Crippen LogP contribution in [0.15, 0.2) is 0 Å². The van der Waals surface area contributed by atoms with Crippen molar-refractivity contribution in [3.05, 3.63) is 0 Å². The quantitative estimate of drug-likeness (QED) is 0.0534. The van der Waals surface area contributed by atoms with Crippen LogP contribution < -0.4 is 84.3 Å². The summed E-state index contributed by atoms with van der Waals surface area (Å²) in [6, 6.07) is -6.84. The summed E-state index contributed by atoms with van der Waals surface area (Å²) in [5.74, 6) is 0. The topological polar surface area (TPSA) is 733 Å². The number of ether oxygens (including phenoxy) is 12. The first kappa shape index (κ1) is 91.0. The molecule has 0 aromatic rings. The lowest BCUT2D eigenvalue weighted by molar-refractivity contribution is -0.307. The molecule has 0 amide bonds. The molecule has 41 nitrogen and oxygen atoms in total. The largest absolute Gasteiger partial charge is 0.412 e. The van der Waals surface area contributed by atoms with E-state index in [1.54, 1.807) is 41.9 Å². The fraction of sp³-hybridized carbons (Fsp3) is 1.00. The highest BCUT2D eigenvalue weighted by Crippen LogP contribution is 2.36. The van der Waals surface area contributed by atoms with Gasteiger partial charge in [-0.15, -0.1) is 0 Å². The van der Waals surface area contributed by atoms with Crippen molar-refractivity contribution in [3.8, 4) is 0 Å². The van der Waals surface area contributed by atoms with Crippen molar-refractivity contribution in [2.75, 3.05) is 54.6 Å². The lowest BCUT2D eigenvalue weighted by Crippen LogP contribution is -2.68. The first-order valence-corrected chi connectivity index (χ1v) is 36.1.